The molecule has 6 rings (SSSR count). The van der Waals surface area contributed by atoms with E-state index in [9.17, 15) is 9.59 Å². The maximum Gasteiger partial charge on any atom is 0.415 e. The summed E-state index contributed by atoms with van der Waals surface area (Å²) in [6.07, 6.45) is 3.32. The molecule has 10 heteroatoms. The Balaban J connectivity index is 1.11. The van der Waals surface area contributed by atoms with Crippen molar-refractivity contribution >= 4 is 23.5 Å². The van der Waals surface area contributed by atoms with Gasteiger partial charge in [0.15, 0.2) is 0 Å². The molecule has 4 aliphatic rings. The number of benzene rings is 1. The second kappa shape index (κ2) is 10.1. The van der Waals surface area contributed by atoms with Crippen LogP contribution in [0.15, 0.2) is 41.7 Å². The van der Waals surface area contributed by atoms with Gasteiger partial charge < -0.3 is 19.0 Å². The number of nitrogens with zero attached hydrogens (tertiary/aromatic N) is 4. The number of amides is 1. The van der Waals surface area contributed by atoms with Crippen LogP contribution in [0.25, 0.3) is 11.1 Å². The third-order valence-corrected chi connectivity index (χ3v) is 7.53. The highest BCUT2D eigenvalue weighted by Gasteiger charge is 2.47. The monoisotopic (exact) mass is 506 g/mol. The summed E-state index contributed by atoms with van der Waals surface area (Å²) in [6.45, 7) is 4.24. The maximum atomic E-state index is 12.5. The van der Waals surface area contributed by atoms with Gasteiger partial charge in [0.25, 0.3) is 0 Å². The second-order valence-electron chi connectivity index (χ2n) is 9.84. The summed E-state index contributed by atoms with van der Waals surface area (Å²) in [6, 6.07) is 10.0. The number of carbonyl (C=O) groups excluding carboxylic acids is 2. The van der Waals surface area contributed by atoms with Crippen LogP contribution in [0.3, 0.4) is 0 Å². The van der Waals surface area contributed by atoms with Gasteiger partial charge in [-0.15, -0.1) is 0 Å². The summed E-state index contributed by atoms with van der Waals surface area (Å²) in [5, 5.41) is 4.30. The Morgan fingerprint density at radius 3 is 2.76 bits per heavy atom. The first-order valence-corrected chi connectivity index (χ1v) is 12.8. The van der Waals surface area contributed by atoms with Crippen molar-refractivity contribution in [3.05, 3.63) is 47.8 Å². The van der Waals surface area contributed by atoms with Crippen LogP contribution in [0, 0.1) is 0 Å². The lowest BCUT2D eigenvalue weighted by molar-refractivity contribution is -0.141. The smallest absolute Gasteiger partial charge is 0.415 e. The number of ether oxygens (including phenoxy) is 3. The third-order valence-electron chi connectivity index (χ3n) is 7.53. The van der Waals surface area contributed by atoms with Crippen LogP contribution >= 0.6 is 0 Å². The van der Waals surface area contributed by atoms with Crippen molar-refractivity contribution in [2.45, 2.75) is 43.9 Å². The zero-order chi connectivity index (χ0) is 25.4. The molecule has 2 saturated heterocycles. The summed E-state index contributed by atoms with van der Waals surface area (Å²) in [7, 11) is 1.36. The van der Waals surface area contributed by atoms with Crippen LogP contribution in [0.2, 0.25) is 0 Å². The Labute approximate surface area is 215 Å². The molecule has 0 spiro atoms. The Morgan fingerprint density at radius 2 is 1.97 bits per heavy atom. The van der Waals surface area contributed by atoms with Gasteiger partial charge in [-0.1, -0.05) is 17.3 Å². The Hall–Kier alpha value is -3.50. The number of hydrogen-bond donors (Lipinski definition) is 0. The van der Waals surface area contributed by atoms with E-state index in [2.05, 4.69) is 21.1 Å². The molecule has 1 aromatic heterocycles. The van der Waals surface area contributed by atoms with Crippen molar-refractivity contribution in [3.63, 3.8) is 0 Å². The van der Waals surface area contributed by atoms with Crippen molar-refractivity contribution in [1.29, 1.82) is 0 Å². The quantitative estimate of drug-likeness (QED) is 0.529. The van der Waals surface area contributed by atoms with E-state index in [0.29, 0.717) is 12.8 Å². The molecular weight excluding hydrogens is 476 g/mol. The molecule has 3 atom stereocenters. The van der Waals surface area contributed by atoms with Gasteiger partial charge in [0, 0.05) is 44.2 Å². The molecule has 10 nitrogen and oxygen atoms in total. The van der Waals surface area contributed by atoms with E-state index < -0.39 is 0 Å². The van der Waals surface area contributed by atoms with E-state index in [4.69, 9.17) is 19.0 Å². The number of cyclic esters (lactones) is 1. The van der Waals surface area contributed by atoms with E-state index in [1.165, 1.54) is 7.11 Å². The van der Waals surface area contributed by atoms with E-state index in [1.54, 1.807) is 4.90 Å². The second-order valence-corrected chi connectivity index (χ2v) is 9.84. The molecule has 0 saturated carbocycles. The molecule has 1 amide bonds. The number of rotatable bonds is 7. The lowest BCUT2D eigenvalue weighted by atomic mass is 9.99. The number of esters is 1. The highest BCUT2D eigenvalue weighted by molar-refractivity contribution is 6.00. The molecule has 194 valence electrons. The number of anilines is 1. The topological polar surface area (TPSA) is 103 Å². The molecule has 0 radical (unpaired) electrons. The molecule has 1 unspecified atom stereocenters. The summed E-state index contributed by atoms with van der Waals surface area (Å²) >= 11 is 0. The number of oxime groups is 1. The molecule has 2 aromatic rings. The lowest BCUT2D eigenvalue weighted by Gasteiger charge is -2.27. The Bertz CT molecular complexity index is 1210. The largest absolute Gasteiger partial charge is 0.469 e. The number of fused-ring (bicyclic) bond motifs is 3. The fourth-order valence-electron chi connectivity index (χ4n) is 5.55. The summed E-state index contributed by atoms with van der Waals surface area (Å²) < 4.78 is 15.7. The molecule has 37 heavy (non-hydrogen) atoms. The number of aromatic nitrogens is 1. The van der Waals surface area contributed by atoms with Gasteiger partial charge in [0.05, 0.1) is 37.7 Å². The van der Waals surface area contributed by atoms with E-state index in [-0.39, 0.29) is 36.7 Å². The van der Waals surface area contributed by atoms with Crippen LogP contribution in [0.1, 0.15) is 30.5 Å². The fraction of sp³-hybridized carbons (Fsp3) is 0.481. The molecule has 4 aliphatic heterocycles. The highest BCUT2D eigenvalue weighted by atomic mass is 16.6. The standard InChI is InChI=1S/C27H30N4O6/c1-34-26(32)7-6-25-24-13-19-12-17(3-5-23(19)31(24)27(33)36-25)18-2-4-21(28-15-18)22-14-20(37-29-22)16-30-8-10-35-11-9-30/h2-5,12,15,20,24-25H,6-11,13-14,16H2,1H3/t20?,24-,25-/m0/s1. The molecule has 1 aromatic carbocycles. The number of carbonyl (C=O) groups is 2. The normalized spacial score (nSPS) is 24.8. The number of pyridine rings is 1. The average molecular weight is 507 g/mol. The van der Waals surface area contributed by atoms with Gasteiger partial charge in [0.2, 0.25) is 0 Å². The minimum absolute atomic E-state index is 0.0453. The number of morpholine rings is 1. The lowest BCUT2D eigenvalue weighted by Crippen LogP contribution is -2.41. The van der Waals surface area contributed by atoms with Gasteiger partial charge >= 0.3 is 12.1 Å². The third kappa shape index (κ3) is 4.78. The summed E-state index contributed by atoms with van der Waals surface area (Å²) in [5.41, 5.74) is 5.68. The molecule has 5 heterocycles. The van der Waals surface area contributed by atoms with E-state index in [0.717, 1.165) is 73.1 Å². The molecular formula is C27H30N4O6. The van der Waals surface area contributed by atoms with Crippen molar-refractivity contribution in [2.24, 2.45) is 5.16 Å². The Kier molecular flexibility index (Phi) is 6.52. The number of hydrogen-bond acceptors (Lipinski definition) is 9. The minimum atomic E-state index is -0.358. The highest BCUT2D eigenvalue weighted by Crippen LogP contribution is 2.41. The van der Waals surface area contributed by atoms with E-state index in [1.807, 2.05) is 30.5 Å². The van der Waals surface area contributed by atoms with Gasteiger partial charge in [-0.2, -0.15) is 0 Å². The van der Waals surface area contributed by atoms with Crippen LogP contribution < -0.4 is 4.90 Å². The van der Waals surface area contributed by atoms with Gasteiger partial charge in [-0.25, -0.2) is 4.79 Å². The van der Waals surface area contributed by atoms with Crippen LogP contribution in [0.4, 0.5) is 10.5 Å². The first-order chi connectivity index (χ1) is 18.1. The van der Waals surface area contributed by atoms with Gasteiger partial charge in [-0.05, 0) is 42.2 Å². The molecule has 0 N–H and O–H groups in total. The first-order valence-electron chi connectivity index (χ1n) is 12.8. The number of methoxy groups -OCH3 is 1. The predicted molar refractivity (Wildman–Crippen MR) is 134 cm³/mol. The van der Waals surface area contributed by atoms with Crippen LogP contribution in [0.5, 0.6) is 0 Å². The summed E-state index contributed by atoms with van der Waals surface area (Å²) in [5.74, 6) is -0.300. The first kappa shape index (κ1) is 23.9. The van der Waals surface area contributed by atoms with Gasteiger partial charge in [0.1, 0.15) is 17.9 Å². The fourth-order valence-corrected chi connectivity index (χ4v) is 5.55. The molecule has 0 aliphatic carbocycles. The maximum absolute atomic E-state index is 12.5. The zero-order valence-electron chi connectivity index (χ0n) is 20.8. The molecule has 2 fully saturated rings. The van der Waals surface area contributed by atoms with Gasteiger partial charge in [-0.3, -0.25) is 19.6 Å². The van der Waals surface area contributed by atoms with Crippen molar-refractivity contribution in [2.75, 3.05) is 44.9 Å². The van der Waals surface area contributed by atoms with Crippen LogP contribution in [-0.4, -0.2) is 85.9 Å². The van der Waals surface area contributed by atoms with Crippen LogP contribution in [-0.2, 0) is 30.3 Å². The zero-order valence-corrected chi connectivity index (χ0v) is 20.8. The average Bonchev–Trinajstić information content (AvgIpc) is 3.63. The summed E-state index contributed by atoms with van der Waals surface area (Å²) in [4.78, 5) is 38.5. The van der Waals surface area contributed by atoms with Crippen molar-refractivity contribution in [1.82, 2.24) is 9.88 Å². The molecule has 0 bridgehead atoms. The van der Waals surface area contributed by atoms with E-state index >= 15 is 0 Å². The minimum Gasteiger partial charge on any atom is -0.469 e. The van der Waals surface area contributed by atoms with Crippen molar-refractivity contribution < 1.29 is 28.6 Å². The van der Waals surface area contributed by atoms with Crippen molar-refractivity contribution in [3.8, 4) is 11.1 Å². The Morgan fingerprint density at radius 1 is 1.14 bits per heavy atom. The SMILES string of the molecule is COC(=O)CC[C@@H]1OC(=O)N2c3ccc(-c4ccc(C5=NOC(CN6CCOCC6)C5)nc4)cc3C[C@@H]12. The predicted octanol–water partition coefficient (Wildman–Crippen LogP) is 2.78.